The number of aryl methyl sites for hydroxylation is 1. The van der Waals surface area contributed by atoms with E-state index in [0.717, 1.165) is 9.13 Å². The molecule has 70 valence electrons. The van der Waals surface area contributed by atoms with Crippen LogP contribution in [0, 0.1) is 0 Å². The molecule has 2 N–H and O–H groups in total. The number of rotatable bonds is 2. The van der Waals surface area contributed by atoms with Crippen LogP contribution in [0.25, 0.3) is 0 Å². The summed E-state index contributed by atoms with van der Waals surface area (Å²) in [7, 11) is 1.46. The van der Waals surface area contributed by atoms with Gasteiger partial charge in [-0.3, -0.25) is 19.0 Å². The number of hydrogen-bond donors (Lipinski definition) is 1. The molecule has 0 unspecified atom stereocenters. The molecule has 6 heteroatoms. The van der Waals surface area contributed by atoms with E-state index in [1.807, 2.05) is 0 Å². The molecule has 6 nitrogen and oxygen atoms in total. The second-order valence-electron chi connectivity index (χ2n) is 2.61. The van der Waals surface area contributed by atoms with Crippen molar-refractivity contribution in [2.45, 2.75) is 6.54 Å². The zero-order valence-electron chi connectivity index (χ0n) is 7.06. The predicted octanol–water partition coefficient (Wildman–Crippen LogP) is -1.97. The van der Waals surface area contributed by atoms with Gasteiger partial charge in [0.1, 0.15) is 6.54 Å². The van der Waals surface area contributed by atoms with Crippen LogP contribution >= 0.6 is 0 Å². The smallest absolute Gasteiger partial charge is 0.316 e. The molecule has 0 aliphatic carbocycles. The van der Waals surface area contributed by atoms with Crippen molar-refractivity contribution >= 4 is 5.91 Å². The third-order valence-electron chi connectivity index (χ3n) is 1.56. The van der Waals surface area contributed by atoms with Crippen molar-refractivity contribution in [1.82, 2.24) is 9.13 Å². The minimum Gasteiger partial charge on any atom is -0.368 e. The summed E-state index contributed by atoms with van der Waals surface area (Å²) >= 11 is 0. The van der Waals surface area contributed by atoms with Gasteiger partial charge in [0.15, 0.2) is 0 Å². The lowest BCUT2D eigenvalue weighted by atomic mass is 10.5. The highest BCUT2D eigenvalue weighted by molar-refractivity contribution is 5.73. The summed E-state index contributed by atoms with van der Waals surface area (Å²) in [5, 5.41) is 0. The molecule has 0 spiro atoms. The molecular weight excluding hydrogens is 174 g/mol. The van der Waals surface area contributed by atoms with Crippen LogP contribution in [0.1, 0.15) is 0 Å². The lowest BCUT2D eigenvalue weighted by Crippen LogP contribution is -2.41. The minimum atomic E-state index is -0.746. The fourth-order valence-electron chi connectivity index (χ4n) is 0.882. The molecular formula is C7H9N3O3. The van der Waals surface area contributed by atoms with Crippen molar-refractivity contribution in [1.29, 1.82) is 0 Å². The molecule has 0 radical (unpaired) electrons. The Balaban J connectivity index is 3.27. The van der Waals surface area contributed by atoms with Crippen LogP contribution in [-0.4, -0.2) is 15.0 Å². The van der Waals surface area contributed by atoms with Gasteiger partial charge in [0.05, 0.1) is 0 Å². The monoisotopic (exact) mass is 183 g/mol. The van der Waals surface area contributed by atoms with Gasteiger partial charge in [-0.05, 0) is 0 Å². The third kappa shape index (κ3) is 1.84. The molecule has 1 amide bonds. The average Bonchev–Trinajstić information content (AvgIpc) is 2.06. The van der Waals surface area contributed by atoms with E-state index in [4.69, 9.17) is 5.73 Å². The summed E-state index contributed by atoms with van der Waals surface area (Å²) in [6.07, 6.45) is 2.74. The van der Waals surface area contributed by atoms with Crippen molar-refractivity contribution in [3.63, 3.8) is 0 Å². The van der Waals surface area contributed by atoms with Crippen LogP contribution in [0.15, 0.2) is 22.0 Å². The standard InChI is InChI=1S/C7H9N3O3/c1-9-2-3-10(4-5(8)11)7(13)6(9)12/h2-3H,4H2,1H3,(H2,8,11). The Kier molecular flexibility index (Phi) is 2.32. The molecule has 0 atom stereocenters. The van der Waals surface area contributed by atoms with E-state index < -0.39 is 17.0 Å². The van der Waals surface area contributed by atoms with E-state index in [1.165, 1.54) is 19.4 Å². The first kappa shape index (κ1) is 9.24. The minimum absolute atomic E-state index is 0.269. The number of aromatic nitrogens is 2. The Morgan fingerprint density at radius 1 is 1.38 bits per heavy atom. The Morgan fingerprint density at radius 3 is 2.54 bits per heavy atom. The molecule has 1 aromatic heterocycles. The van der Waals surface area contributed by atoms with Gasteiger partial charge in [0.2, 0.25) is 5.91 Å². The van der Waals surface area contributed by atoms with E-state index in [-0.39, 0.29) is 6.54 Å². The van der Waals surface area contributed by atoms with Crippen LogP contribution in [0.2, 0.25) is 0 Å². The number of nitrogens with zero attached hydrogens (tertiary/aromatic N) is 2. The van der Waals surface area contributed by atoms with Gasteiger partial charge in [-0.1, -0.05) is 0 Å². The van der Waals surface area contributed by atoms with E-state index in [9.17, 15) is 14.4 Å². The highest BCUT2D eigenvalue weighted by Gasteiger charge is 2.03. The maximum Gasteiger partial charge on any atom is 0.316 e. The van der Waals surface area contributed by atoms with Crippen LogP contribution in [0.5, 0.6) is 0 Å². The van der Waals surface area contributed by atoms with Crippen molar-refractivity contribution in [2.75, 3.05) is 0 Å². The molecule has 0 aliphatic heterocycles. The average molecular weight is 183 g/mol. The first-order valence-electron chi connectivity index (χ1n) is 3.56. The molecule has 0 aliphatic rings. The molecule has 0 saturated heterocycles. The van der Waals surface area contributed by atoms with Gasteiger partial charge in [-0.2, -0.15) is 0 Å². The SMILES string of the molecule is Cn1ccn(CC(N)=O)c(=O)c1=O. The molecule has 13 heavy (non-hydrogen) atoms. The normalized spacial score (nSPS) is 9.92. The van der Waals surface area contributed by atoms with E-state index >= 15 is 0 Å². The van der Waals surface area contributed by atoms with Gasteiger partial charge in [-0.15, -0.1) is 0 Å². The second-order valence-corrected chi connectivity index (χ2v) is 2.61. The maximum atomic E-state index is 11.1. The Labute approximate surface area is 73.2 Å². The number of primary amides is 1. The van der Waals surface area contributed by atoms with Gasteiger partial charge in [0.25, 0.3) is 0 Å². The van der Waals surface area contributed by atoms with Gasteiger partial charge in [-0.25, -0.2) is 0 Å². The van der Waals surface area contributed by atoms with Crippen LogP contribution in [-0.2, 0) is 18.4 Å². The number of carbonyl (C=O) groups is 1. The fourth-order valence-corrected chi connectivity index (χ4v) is 0.882. The summed E-state index contributed by atoms with van der Waals surface area (Å²) in [6, 6.07) is 0. The first-order chi connectivity index (χ1) is 6.02. The summed E-state index contributed by atoms with van der Waals surface area (Å²) in [4.78, 5) is 32.7. The van der Waals surface area contributed by atoms with Crippen LogP contribution in [0.4, 0.5) is 0 Å². The topological polar surface area (TPSA) is 87.1 Å². The van der Waals surface area contributed by atoms with Gasteiger partial charge in [0, 0.05) is 19.4 Å². The molecule has 0 fully saturated rings. The predicted molar refractivity (Wildman–Crippen MR) is 45.1 cm³/mol. The Morgan fingerprint density at radius 2 is 2.00 bits per heavy atom. The number of amides is 1. The third-order valence-corrected chi connectivity index (χ3v) is 1.56. The Bertz CT molecular complexity index is 443. The lowest BCUT2D eigenvalue weighted by Gasteiger charge is -2.02. The van der Waals surface area contributed by atoms with E-state index in [0.29, 0.717) is 0 Å². The zero-order valence-corrected chi connectivity index (χ0v) is 7.06. The summed E-state index contributed by atoms with van der Waals surface area (Å²) in [5.41, 5.74) is 3.45. The molecule has 1 heterocycles. The molecule has 0 saturated carbocycles. The summed E-state index contributed by atoms with van der Waals surface area (Å²) in [6.45, 7) is -0.269. The lowest BCUT2D eigenvalue weighted by molar-refractivity contribution is -0.118. The molecule has 1 rings (SSSR count). The molecule has 0 bridgehead atoms. The number of nitrogens with two attached hydrogens (primary N) is 1. The zero-order chi connectivity index (χ0) is 10.0. The van der Waals surface area contributed by atoms with Crippen molar-refractivity contribution in [3.05, 3.63) is 33.1 Å². The quantitative estimate of drug-likeness (QED) is 0.539. The van der Waals surface area contributed by atoms with Crippen molar-refractivity contribution in [3.8, 4) is 0 Å². The fraction of sp³-hybridized carbons (Fsp3) is 0.286. The highest BCUT2D eigenvalue weighted by atomic mass is 16.2. The largest absolute Gasteiger partial charge is 0.368 e. The summed E-state index contributed by atoms with van der Waals surface area (Å²) < 4.78 is 2.12. The van der Waals surface area contributed by atoms with Crippen molar-refractivity contribution < 1.29 is 4.79 Å². The number of hydrogen-bond acceptors (Lipinski definition) is 3. The number of carbonyl (C=O) groups excluding carboxylic acids is 1. The van der Waals surface area contributed by atoms with Crippen LogP contribution < -0.4 is 16.9 Å². The second kappa shape index (κ2) is 3.26. The Hall–Kier alpha value is -1.85. The maximum absolute atomic E-state index is 11.1. The molecule has 0 aromatic carbocycles. The first-order valence-corrected chi connectivity index (χ1v) is 3.56. The van der Waals surface area contributed by atoms with Gasteiger partial charge < -0.3 is 10.3 Å². The van der Waals surface area contributed by atoms with Crippen LogP contribution in [0.3, 0.4) is 0 Å². The van der Waals surface area contributed by atoms with Crippen molar-refractivity contribution in [2.24, 2.45) is 12.8 Å². The van der Waals surface area contributed by atoms with Gasteiger partial charge >= 0.3 is 11.1 Å². The van der Waals surface area contributed by atoms with E-state index in [2.05, 4.69) is 0 Å². The molecule has 1 aromatic rings. The summed E-state index contributed by atoms with van der Waals surface area (Å²) in [5.74, 6) is -0.657. The van der Waals surface area contributed by atoms with E-state index in [1.54, 1.807) is 0 Å². The highest BCUT2D eigenvalue weighted by Crippen LogP contribution is 1.76.